The normalized spacial score (nSPS) is 16.7. The van der Waals surface area contributed by atoms with E-state index in [2.05, 4.69) is 28.2 Å². The van der Waals surface area contributed by atoms with Crippen LogP contribution in [0.4, 0.5) is 5.69 Å². The minimum absolute atomic E-state index is 0.0703. The maximum absolute atomic E-state index is 12.1. The Morgan fingerprint density at radius 3 is 2.76 bits per heavy atom. The zero-order chi connectivity index (χ0) is 15.2. The molecule has 1 amide bonds. The number of carbonyl (C=O) groups is 1. The number of nitriles is 1. The highest BCUT2D eigenvalue weighted by Crippen LogP contribution is 2.16. The first-order chi connectivity index (χ1) is 10.1. The summed E-state index contributed by atoms with van der Waals surface area (Å²) >= 11 is 0. The Bertz CT molecular complexity index is 529. The maximum atomic E-state index is 12.1. The number of piperidine rings is 1. The van der Waals surface area contributed by atoms with Gasteiger partial charge in [0.2, 0.25) is 5.91 Å². The third kappa shape index (κ3) is 4.28. The number of hydrogen-bond donors (Lipinski definition) is 1. The summed E-state index contributed by atoms with van der Waals surface area (Å²) in [5, 5.41) is 11.9. The second-order valence-corrected chi connectivity index (χ2v) is 5.66. The zero-order valence-corrected chi connectivity index (χ0v) is 12.7. The van der Waals surface area contributed by atoms with Crippen molar-refractivity contribution >= 4 is 11.6 Å². The lowest BCUT2D eigenvalue weighted by molar-refractivity contribution is -0.117. The summed E-state index contributed by atoms with van der Waals surface area (Å²) in [6, 6.07) is 9.61. The van der Waals surface area contributed by atoms with E-state index in [1.165, 1.54) is 0 Å². The van der Waals surface area contributed by atoms with Gasteiger partial charge in [0.05, 0.1) is 17.8 Å². The summed E-state index contributed by atoms with van der Waals surface area (Å²) in [6.07, 6.45) is 2.18. The minimum atomic E-state index is -0.0703. The molecular formula is C16H22N4O. The number of likely N-dealkylation sites (tertiary alicyclic amines) is 1. The SMILES string of the molecule is CN1CCC(N(C)CC(=O)Nc2ccccc2C#N)CC1. The number of anilines is 1. The molecule has 0 atom stereocenters. The third-order valence-electron chi connectivity index (χ3n) is 4.03. The van der Waals surface area contributed by atoms with E-state index >= 15 is 0 Å². The Labute approximate surface area is 126 Å². The van der Waals surface area contributed by atoms with Crippen LogP contribution in [0.1, 0.15) is 18.4 Å². The van der Waals surface area contributed by atoms with Gasteiger partial charge in [0, 0.05) is 6.04 Å². The number of carbonyl (C=O) groups excluding carboxylic acids is 1. The van der Waals surface area contributed by atoms with Crippen LogP contribution in [-0.4, -0.2) is 55.5 Å². The van der Waals surface area contributed by atoms with Crippen molar-refractivity contribution in [3.05, 3.63) is 29.8 Å². The monoisotopic (exact) mass is 286 g/mol. The van der Waals surface area contributed by atoms with Crippen LogP contribution in [0, 0.1) is 11.3 Å². The predicted molar refractivity (Wildman–Crippen MR) is 82.9 cm³/mol. The molecule has 0 radical (unpaired) electrons. The lowest BCUT2D eigenvalue weighted by atomic mass is 10.0. The van der Waals surface area contributed by atoms with Gasteiger partial charge < -0.3 is 10.2 Å². The number of hydrogen-bond acceptors (Lipinski definition) is 4. The van der Waals surface area contributed by atoms with Crippen LogP contribution in [0.25, 0.3) is 0 Å². The van der Waals surface area contributed by atoms with E-state index in [0.29, 0.717) is 23.8 Å². The summed E-state index contributed by atoms with van der Waals surface area (Å²) in [6.45, 7) is 2.51. The Kier molecular flexibility index (Phi) is 5.32. The summed E-state index contributed by atoms with van der Waals surface area (Å²) < 4.78 is 0. The van der Waals surface area contributed by atoms with Crippen molar-refractivity contribution in [3.8, 4) is 6.07 Å². The molecule has 21 heavy (non-hydrogen) atoms. The van der Waals surface area contributed by atoms with Gasteiger partial charge in [0.25, 0.3) is 0 Å². The zero-order valence-electron chi connectivity index (χ0n) is 12.7. The molecule has 0 saturated carbocycles. The van der Waals surface area contributed by atoms with Crippen molar-refractivity contribution < 1.29 is 4.79 Å². The predicted octanol–water partition coefficient (Wildman–Crippen LogP) is 1.52. The Balaban J connectivity index is 1.88. The van der Waals surface area contributed by atoms with Gasteiger partial charge in [0.1, 0.15) is 6.07 Å². The Morgan fingerprint density at radius 2 is 2.10 bits per heavy atom. The fourth-order valence-corrected chi connectivity index (χ4v) is 2.67. The summed E-state index contributed by atoms with van der Waals surface area (Å²) in [7, 11) is 4.12. The highest BCUT2D eigenvalue weighted by molar-refractivity contribution is 5.93. The molecule has 1 saturated heterocycles. The smallest absolute Gasteiger partial charge is 0.238 e. The number of rotatable bonds is 4. The molecular weight excluding hydrogens is 264 g/mol. The highest BCUT2D eigenvalue weighted by Gasteiger charge is 2.22. The Morgan fingerprint density at radius 1 is 1.43 bits per heavy atom. The molecule has 0 bridgehead atoms. The number of nitrogens with one attached hydrogen (secondary N) is 1. The van der Waals surface area contributed by atoms with Crippen LogP contribution in [0.2, 0.25) is 0 Å². The molecule has 5 nitrogen and oxygen atoms in total. The molecule has 1 heterocycles. The molecule has 1 N–H and O–H groups in total. The number of para-hydroxylation sites is 1. The molecule has 0 aromatic heterocycles. The van der Waals surface area contributed by atoms with Gasteiger partial charge in [-0.1, -0.05) is 12.1 Å². The largest absolute Gasteiger partial charge is 0.324 e. The molecule has 1 aromatic rings. The third-order valence-corrected chi connectivity index (χ3v) is 4.03. The average Bonchev–Trinajstić information content (AvgIpc) is 2.48. The fraction of sp³-hybridized carbons (Fsp3) is 0.500. The summed E-state index contributed by atoms with van der Waals surface area (Å²) in [4.78, 5) is 16.5. The van der Waals surface area contributed by atoms with Crippen molar-refractivity contribution in [2.24, 2.45) is 0 Å². The van der Waals surface area contributed by atoms with Crippen LogP contribution in [-0.2, 0) is 4.79 Å². The number of likely N-dealkylation sites (N-methyl/N-ethyl adjacent to an activating group) is 1. The van der Waals surface area contributed by atoms with E-state index in [-0.39, 0.29) is 5.91 Å². The molecule has 1 fully saturated rings. The van der Waals surface area contributed by atoms with Crippen molar-refractivity contribution in [1.82, 2.24) is 9.80 Å². The van der Waals surface area contributed by atoms with E-state index in [0.717, 1.165) is 25.9 Å². The van der Waals surface area contributed by atoms with Gasteiger partial charge in [-0.05, 0) is 52.2 Å². The van der Waals surface area contributed by atoms with Crippen LogP contribution < -0.4 is 5.32 Å². The molecule has 1 aliphatic heterocycles. The van der Waals surface area contributed by atoms with Crippen molar-refractivity contribution in [1.29, 1.82) is 5.26 Å². The highest BCUT2D eigenvalue weighted by atomic mass is 16.2. The summed E-state index contributed by atoms with van der Waals surface area (Å²) in [5.41, 5.74) is 1.08. The molecule has 1 aromatic carbocycles. The van der Waals surface area contributed by atoms with E-state index in [9.17, 15) is 4.79 Å². The Hall–Kier alpha value is -1.90. The molecule has 0 aliphatic carbocycles. The van der Waals surface area contributed by atoms with Gasteiger partial charge in [-0.25, -0.2) is 0 Å². The quantitative estimate of drug-likeness (QED) is 0.912. The summed E-state index contributed by atoms with van der Waals surface area (Å²) in [5.74, 6) is -0.0703. The average molecular weight is 286 g/mol. The van der Waals surface area contributed by atoms with Gasteiger partial charge in [0.15, 0.2) is 0 Å². The number of benzene rings is 1. The van der Waals surface area contributed by atoms with E-state index < -0.39 is 0 Å². The molecule has 2 rings (SSSR count). The molecule has 112 valence electrons. The molecule has 0 spiro atoms. The first-order valence-corrected chi connectivity index (χ1v) is 7.28. The minimum Gasteiger partial charge on any atom is -0.324 e. The second kappa shape index (κ2) is 7.21. The lowest BCUT2D eigenvalue weighted by Gasteiger charge is -2.34. The molecule has 5 heteroatoms. The van der Waals surface area contributed by atoms with Crippen LogP contribution >= 0.6 is 0 Å². The van der Waals surface area contributed by atoms with E-state index in [1.54, 1.807) is 18.2 Å². The van der Waals surface area contributed by atoms with Crippen LogP contribution in [0.5, 0.6) is 0 Å². The van der Waals surface area contributed by atoms with Gasteiger partial charge in [-0.2, -0.15) is 5.26 Å². The topological polar surface area (TPSA) is 59.4 Å². The molecule has 0 unspecified atom stereocenters. The van der Waals surface area contributed by atoms with Gasteiger partial charge in [-0.15, -0.1) is 0 Å². The standard InChI is InChI=1S/C16H22N4O/c1-19-9-7-14(8-10-19)20(2)12-16(21)18-15-6-4-3-5-13(15)11-17/h3-6,14H,7-10,12H2,1-2H3,(H,18,21). The van der Waals surface area contributed by atoms with Crippen molar-refractivity contribution in [3.63, 3.8) is 0 Å². The number of amides is 1. The molecule has 1 aliphatic rings. The lowest BCUT2D eigenvalue weighted by Crippen LogP contribution is -2.44. The number of nitrogens with zero attached hydrogens (tertiary/aromatic N) is 3. The van der Waals surface area contributed by atoms with Crippen molar-refractivity contribution in [2.45, 2.75) is 18.9 Å². The van der Waals surface area contributed by atoms with E-state index in [1.807, 2.05) is 13.1 Å². The first kappa shape index (κ1) is 15.5. The van der Waals surface area contributed by atoms with Gasteiger partial charge >= 0.3 is 0 Å². The van der Waals surface area contributed by atoms with E-state index in [4.69, 9.17) is 5.26 Å². The van der Waals surface area contributed by atoms with Gasteiger partial charge in [-0.3, -0.25) is 9.69 Å². The van der Waals surface area contributed by atoms with Crippen LogP contribution in [0.3, 0.4) is 0 Å². The fourth-order valence-electron chi connectivity index (χ4n) is 2.67. The second-order valence-electron chi connectivity index (χ2n) is 5.66. The maximum Gasteiger partial charge on any atom is 0.238 e. The van der Waals surface area contributed by atoms with Crippen molar-refractivity contribution in [2.75, 3.05) is 39.0 Å². The van der Waals surface area contributed by atoms with Crippen LogP contribution in [0.15, 0.2) is 24.3 Å². The first-order valence-electron chi connectivity index (χ1n) is 7.28.